The van der Waals surface area contributed by atoms with Crippen molar-refractivity contribution in [2.75, 3.05) is 39.4 Å². The molecule has 0 radical (unpaired) electrons. The Bertz CT molecular complexity index is 1270. The predicted octanol–water partition coefficient (Wildman–Crippen LogP) is 4.52. The molecule has 1 fully saturated rings. The van der Waals surface area contributed by atoms with Crippen molar-refractivity contribution < 1.29 is 9.53 Å². The number of nitrogens with zero attached hydrogens (tertiary/aromatic N) is 4. The van der Waals surface area contributed by atoms with Crippen LogP contribution in [0.5, 0.6) is 0 Å². The number of nitrogens with one attached hydrogen (secondary N) is 2. The molecular formula is C30H38N6O2. The largest absolute Gasteiger partial charge is 0.379 e. The van der Waals surface area contributed by atoms with Crippen molar-refractivity contribution in [1.29, 1.82) is 0 Å². The summed E-state index contributed by atoms with van der Waals surface area (Å²) >= 11 is 0. The molecule has 8 nitrogen and oxygen atoms in total. The van der Waals surface area contributed by atoms with E-state index in [1.165, 1.54) is 5.56 Å². The Hall–Kier alpha value is -3.75. The van der Waals surface area contributed by atoms with Gasteiger partial charge in [0.1, 0.15) is 18.0 Å². The molecule has 3 aromatic rings. The molecule has 1 aromatic heterocycles. The average molecular weight is 515 g/mol. The van der Waals surface area contributed by atoms with Crippen LogP contribution in [0.4, 0.5) is 0 Å². The summed E-state index contributed by atoms with van der Waals surface area (Å²) in [5.74, 6) is 1.26. The van der Waals surface area contributed by atoms with Crippen LogP contribution in [0.15, 0.2) is 84.4 Å². The molecule has 1 saturated heterocycles. The summed E-state index contributed by atoms with van der Waals surface area (Å²) in [6, 6.07) is 15.9. The Morgan fingerprint density at radius 3 is 2.71 bits per heavy atom. The van der Waals surface area contributed by atoms with Gasteiger partial charge < -0.3 is 15.4 Å². The van der Waals surface area contributed by atoms with E-state index in [1.54, 1.807) is 12.4 Å². The second-order valence-electron chi connectivity index (χ2n) is 9.36. The van der Waals surface area contributed by atoms with Gasteiger partial charge in [-0.25, -0.2) is 9.98 Å². The SMILES string of the molecule is C=C/C(=N\C(=C/C)NC(C)c1ccccc1)n1cnc2ccc(C(=O)NCCCCN3CCOCC3)cc21. The molecule has 1 aliphatic heterocycles. The van der Waals surface area contributed by atoms with E-state index in [9.17, 15) is 4.79 Å². The summed E-state index contributed by atoms with van der Waals surface area (Å²) in [5, 5.41) is 6.51. The van der Waals surface area contributed by atoms with Crippen molar-refractivity contribution in [3.8, 4) is 0 Å². The van der Waals surface area contributed by atoms with Crippen LogP contribution in [0.3, 0.4) is 0 Å². The number of amides is 1. The van der Waals surface area contributed by atoms with E-state index in [-0.39, 0.29) is 11.9 Å². The molecule has 1 aliphatic rings. The van der Waals surface area contributed by atoms with Gasteiger partial charge in [-0.3, -0.25) is 14.3 Å². The number of morpholine rings is 1. The van der Waals surface area contributed by atoms with Crippen LogP contribution in [0.25, 0.3) is 11.0 Å². The summed E-state index contributed by atoms with van der Waals surface area (Å²) in [5.41, 5.74) is 3.36. The first-order chi connectivity index (χ1) is 18.6. The molecule has 0 aliphatic carbocycles. The van der Waals surface area contributed by atoms with Gasteiger partial charge in [0.05, 0.1) is 24.2 Å². The molecule has 2 N–H and O–H groups in total. The quantitative estimate of drug-likeness (QED) is 0.223. The van der Waals surface area contributed by atoms with Crippen molar-refractivity contribution in [2.24, 2.45) is 4.99 Å². The summed E-state index contributed by atoms with van der Waals surface area (Å²) in [6.45, 7) is 13.3. The molecular weight excluding hydrogens is 476 g/mol. The molecule has 4 rings (SSSR count). The smallest absolute Gasteiger partial charge is 0.251 e. The Morgan fingerprint density at radius 1 is 1.18 bits per heavy atom. The van der Waals surface area contributed by atoms with Gasteiger partial charge in [-0.2, -0.15) is 0 Å². The summed E-state index contributed by atoms with van der Waals surface area (Å²) in [7, 11) is 0. The van der Waals surface area contributed by atoms with E-state index < -0.39 is 0 Å². The molecule has 200 valence electrons. The lowest BCUT2D eigenvalue weighted by Crippen LogP contribution is -2.37. The van der Waals surface area contributed by atoms with Crippen molar-refractivity contribution in [1.82, 2.24) is 25.1 Å². The van der Waals surface area contributed by atoms with E-state index in [2.05, 4.69) is 46.2 Å². The highest BCUT2D eigenvalue weighted by Crippen LogP contribution is 2.18. The third-order valence-electron chi connectivity index (χ3n) is 6.70. The zero-order valence-corrected chi connectivity index (χ0v) is 22.4. The van der Waals surface area contributed by atoms with Crippen LogP contribution in [-0.4, -0.2) is 65.6 Å². The lowest BCUT2D eigenvalue weighted by Gasteiger charge is -2.26. The van der Waals surface area contributed by atoms with Gasteiger partial charge in [0.15, 0.2) is 0 Å². The third-order valence-corrected chi connectivity index (χ3v) is 6.70. The average Bonchev–Trinajstić information content (AvgIpc) is 3.39. The maximum atomic E-state index is 12.9. The van der Waals surface area contributed by atoms with Crippen molar-refractivity contribution in [3.63, 3.8) is 0 Å². The number of hydrogen-bond acceptors (Lipinski definition) is 6. The molecule has 1 amide bonds. The number of fused-ring (bicyclic) bond motifs is 1. The maximum Gasteiger partial charge on any atom is 0.251 e. The van der Waals surface area contributed by atoms with E-state index in [0.717, 1.165) is 62.5 Å². The van der Waals surface area contributed by atoms with Crippen LogP contribution in [-0.2, 0) is 4.74 Å². The highest BCUT2D eigenvalue weighted by molar-refractivity contribution is 6.03. The molecule has 8 heteroatoms. The van der Waals surface area contributed by atoms with Gasteiger partial charge in [0, 0.05) is 31.2 Å². The Morgan fingerprint density at radius 2 is 1.97 bits per heavy atom. The number of imidazole rings is 1. The van der Waals surface area contributed by atoms with Gasteiger partial charge >= 0.3 is 0 Å². The molecule has 0 saturated carbocycles. The predicted molar refractivity (Wildman–Crippen MR) is 153 cm³/mol. The monoisotopic (exact) mass is 514 g/mol. The van der Waals surface area contributed by atoms with E-state index >= 15 is 0 Å². The van der Waals surface area contributed by atoms with Gasteiger partial charge in [-0.15, -0.1) is 0 Å². The fraction of sp³-hybridized carbons (Fsp3) is 0.367. The number of hydrogen-bond donors (Lipinski definition) is 2. The number of ether oxygens (including phenoxy) is 1. The van der Waals surface area contributed by atoms with Crippen molar-refractivity contribution >= 4 is 22.8 Å². The van der Waals surface area contributed by atoms with Crippen molar-refractivity contribution in [2.45, 2.75) is 32.7 Å². The van der Waals surface area contributed by atoms with E-state index in [4.69, 9.17) is 9.73 Å². The lowest BCUT2D eigenvalue weighted by molar-refractivity contribution is 0.0372. The van der Waals surface area contributed by atoms with Gasteiger partial charge in [-0.1, -0.05) is 36.9 Å². The maximum absolute atomic E-state index is 12.9. The topological polar surface area (TPSA) is 83.8 Å². The number of carbonyl (C=O) groups is 1. The normalized spacial score (nSPS) is 15.8. The first kappa shape index (κ1) is 27.3. The summed E-state index contributed by atoms with van der Waals surface area (Å²) in [4.78, 5) is 24.6. The van der Waals surface area contributed by atoms with Crippen LogP contribution >= 0.6 is 0 Å². The van der Waals surface area contributed by atoms with Crippen LogP contribution in [0.1, 0.15) is 48.7 Å². The molecule has 2 aromatic carbocycles. The molecule has 1 unspecified atom stereocenters. The third kappa shape index (κ3) is 7.18. The standard InChI is InChI=1S/C30H38N6O2/c1-4-28(33-23(3)24-11-7-6-8-12-24)34-29(5-2)36-22-32-26-14-13-25(21-27(26)36)30(37)31-15-9-10-16-35-17-19-38-20-18-35/h4-8,11-14,21-23,33H,2,9-10,15-20H2,1,3H3,(H,31,37)/b28-4-,34-29+. The highest BCUT2D eigenvalue weighted by atomic mass is 16.5. The molecule has 0 spiro atoms. The first-order valence-electron chi connectivity index (χ1n) is 13.3. The Labute approximate surface area is 225 Å². The van der Waals surface area contributed by atoms with Gasteiger partial charge in [0.25, 0.3) is 5.91 Å². The first-order valence-corrected chi connectivity index (χ1v) is 13.3. The summed E-state index contributed by atoms with van der Waals surface area (Å²) in [6.07, 6.45) is 7.33. The number of aliphatic imine (C=N–C) groups is 1. The molecule has 38 heavy (non-hydrogen) atoms. The highest BCUT2D eigenvalue weighted by Gasteiger charge is 2.13. The Kier molecular flexibility index (Phi) is 9.84. The van der Waals surface area contributed by atoms with Crippen LogP contribution in [0, 0.1) is 0 Å². The Balaban J connectivity index is 1.41. The zero-order chi connectivity index (χ0) is 26.7. The van der Waals surface area contributed by atoms with Crippen LogP contribution < -0.4 is 10.6 Å². The number of benzene rings is 2. The fourth-order valence-electron chi connectivity index (χ4n) is 4.47. The zero-order valence-electron chi connectivity index (χ0n) is 22.4. The minimum absolute atomic E-state index is 0.0842. The van der Waals surface area contributed by atoms with Gasteiger partial charge in [0.2, 0.25) is 0 Å². The van der Waals surface area contributed by atoms with Gasteiger partial charge in [-0.05, 0) is 69.1 Å². The molecule has 1 atom stereocenters. The number of allylic oxidation sites excluding steroid dienone is 2. The van der Waals surface area contributed by atoms with Crippen LogP contribution in [0.2, 0.25) is 0 Å². The summed E-state index contributed by atoms with van der Waals surface area (Å²) < 4.78 is 7.26. The lowest BCUT2D eigenvalue weighted by atomic mass is 10.1. The molecule has 0 bridgehead atoms. The van der Waals surface area contributed by atoms with Crippen molar-refractivity contribution in [3.05, 3.63) is 90.5 Å². The van der Waals surface area contributed by atoms with E-state index in [1.807, 2.05) is 54.0 Å². The number of aromatic nitrogens is 2. The fourth-order valence-corrected chi connectivity index (χ4v) is 4.47. The molecule has 2 heterocycles. The number of unbranched alkanes of at least 4 members (excludes halogenated alkanes) is 1. The number of carbonyl (C=O) groups excluding carboxylic acids is 1. The van der Waals surface area contributed by atoms with E-state index in [0.29, 0.717) is 17.9 Å². The minimum Gasteiger partial charge on any atom is -0.379 e. The minimum atomic E-state index is -0.0874. The number of rotatable bonds is 11. The second kappa shape index (κ2) is 13.7. The second-order valence-corrected chi connectivity index (χ2v) is 9.36.